The molecule has 3 aromatic rings. The van der Waals surface area contributed by atoms with E-state index in [0.29, 0.717) is 16.6 Å². The summed E-state index contributed by atoms with van der Waals surface area (Å²) < 4.78 is 4.16. The van der Waals surface area contributed by atoms with Crippen molar-refractivity contribution in [3.63, 3.8) is 0 Å². The largest absolute Gasteiger partial charge is 0.371 e. The Bertz CT molecular complexity index is 1040. The number of aromatic nitrogens is 3. The van der Waals surface area contributed by atoms with Gasteiger partial charge in [0.1, 0.15) is 5.72 Å². The van der Waals surface area contributed by atoms with Gasteiger partial charge in [0.2, 0.25) is 0 Å². The van der Waals surface area contributed by atoms with Crippen molar-refractivity contribution in [2.24, 2.45) is 14.1 Å². The van der Waals surface area contributed by atoms with E-state index >= 15 is 0 Å². The predicted octanol–water partition coefficient (Wildman–Crippen LogP) is 1.70. The van der Waals surface area contributed by atoms with Crippen molar-refractivity contribution < 1.29 is 5.11 Å². The number of aliphatic hydroxyl groups is 1. The molecule has 0 atom stereocenters. The van der Waals surface area contributed by atoms with Crippen LogP contribution in [0.2, 0.25) is 0 Å². The number of hydrogen-bond donors (Lipinski definition) is 1. The molecule has 0 unspecified atom stereocenters. The second-order valence-electron chi connectivity index (χ2n) is 6.67. The van der Waals surface area contributed by atoms with Gasteiger partial charge in [0.15, 0.2) is 0 Å². The van der Waals surface area contributed by atoms with E-state index in [1.807, 2.05) is 31.2 Å². The lowest BCUT2D eigenvalue weighted by atomic mass is 10.1. The van der Waals surface area contributed by atoms with Crippen LogP contribution in [0, 0.1) is 6.92 Å². The van der Waals surface area contributed by atoms with E-state index in [9.17, 15) is 14.7 Å². The van der Waals surface area contributed by atoms with Gasteiger partial charge in [-0.1, -0.05) is 29.8 Å². The zero-order chi connectivity index (χ0) is 17.8. The molecule has 0 radical (unpaired) electrons. The molecule has 24 heavy (non-hydrogen) atoms. The van der Waals surface area contributed by atoms with Crippen LogP contribution >= 0.6 is 0 Å². The van der Waals surface area contributed by atoms with Gasteiger partial charge in [-0.2, -0.15) is 0 Å². The van der Waals surface area contributed by atoms with Crippen LogP contribution in [0.15, 0.2) is 40.1 Å². The zero-order valence-electron chi connectivity index (χ0n) is 14.5. The van der Waals surface area contributed by atoms with Gasteiger partial charge in [-0.15, -0.1) is 0 Å². The van der Waals surface area contributed by atoms with E-state index in [4.69, 9.17) is 0 Å². The molecule has 3 rings (SSSR count). The Morgan fingerprint density at radius 1 is 1.00 bits per heavy atom. The Hall–Kier alpha value is -2.60. The molecule has 1 N–H and O–H groups in total. The maximum absolute atomic E-state index is 12.8. The maximum Gasteiger partial charge on any atom is 0.330 e. The molecular formula is C18H21N3O3. The van der Waals surface area contributed by atoms with Gasteiger partial charge in [0.25, 0.3) is 5.56 Å². The third-order valence-electron chi connectivity index (χ3n) is 4.35. The zero-order valence-corrected chi connectivity index (χ0v) is 14.5. The summed E-state index contributed by atoms with van der Waals surface area (Å²) in [5.41, 5.74) is 1.04. The van der Waals surface area contributed by atoms with Crippen LogP contribution in [0.1, 0.15) is 19.4 Å². The quantitative estimate of drug-likeness (QED) is 0.779. The molecule has 2 heterocycles. The highest BCUT2D eigenvalue weighted by Crippen LogP contribution is 2.32. The van der Waals surface area contributed by atoms with Gasteiger partial charge in [-0.05, 0) is 26.3 Å². The SMILES string of the molecule is Cc1ccc(-c2c3c(=O)n(C)c(=O)n(C)c3cn2C(C)(C)O)cc1. The Balaban J connectivity index is 2.57. The van der Waals surface area contributed by atoms with Crippen LogP contribution in [0.4, 0.5) is 0 Å². The summed E-state index contributed by atoms with van der Waals surface area (Å²) in [6.45, 7) is 5.28. The minimum atomic E-state index is -1.22. The molecule has 6 heteroatoms. The van der Waals surface area contributed by atoms with Crippen molar-refractivity contribution in [2.45, 2.75) is 26.5 Å². The van der Waals surface area contributed by atoms with Crippen molar-refractivity contribution in [3.05, 3.63) is 56.9 Å². The molecule has 0 aliphatic rings. The normalized spacial score (nSPS) is 12.1. The first-order valence-electron chi connectivity index (χ1n) is 7.74. The minimum absolute atomic E-state index is 0.369. The summed E-state index contributed by atoms with van der Waals surface area (Å²) in [6, 6.07) is 7.73. The summed E-state index contributed by atoms with van der Waals surface area (Å²) in [5, 5.41) is 11.0. The Labute approximate surface area is 139 Å². The maximum atomic E-state index is 12.8. The number of fused-ring (bicyclic) bond motifs is 1. The second kappa shape index (κ2) is 5.21. The fourth-order valence-corrected chi connectivity index (χ4v) is 2.97. The van der Waals surface area contributed by atoms with Gasteiger partial charge in [-0.3, -0.25) is 13.9 Å². The van der Waals surface area contributed by atoms with E-state index in [1.165, 1.54) is 11.6 Å². The first-order valence-corrected chi connectivity index (χ1v) is 7.74. The van der Waals surface area contributed by atoms with Crippen molar-refractivity contribution >= 4 is 10.9 Å². The van der Waals surface area contributed by atoms with Crippen molar-refractivity contribution in [1.29, 1.82) is 0 Å². The standard InChI is InChI=1S/C18H21N3O3/c1-11-6-8-12(9-7-11)15-14-13(10-21(15)18(2,3)24)19(4)17(23)20(5)16(14)22/h6-10,24H,1-5H3. The summed E-state index contributed by atoms with van der Waals surface area (Å²) in [4.78, 5) is 25.0. The van der Waals surface area contributed by atoms with E-state index in [1.54, 1.807) is 31.7 Å². The summed E-state index contributed by atoms with van der Waals surface area (Å²) in [7, 11) is 3.09. The molecular weight excluding hydrogens is 306 g/mol. The van der Waals surface area contributed by atoms with E-state index < -0.39 is 11.4 Å². The highest BCUT2D eigenvalue weighted by atomic mass is 16.3. The molecule has 0 aliphatic heterocycles. The lowest BCUT2D eigenvalue weighted by Crippen LogP contribution is -2.36. The minimum Gasteiger partial charge on any atom is -0.371 e. The molecule has 0 bridgehead atoms. The Morgan fingerprint density at radius 3 is 2.12 bits per heavy atom. The fourth-order valence-electron chi connectivity index (χ4n) is 2.97. The highest BCUT2D eigenvalue weighted by molar-refractivity contribution is 5.93. The van der Waals surface area contributed by atoms with Gasteiger partial charge < -0.3 is 9.67 Å². The molecule has 126 valence electrons. The summed E-state index contributed by atoms with van der Waals surface area (Å²) in [6.07, 6.45) is 1.66. The van der Waals surface area contributed by atoms with Crippen LogP contribution in [-0.4, -0.2) is 18.8 Å². The van der Waals surface area contributed by atoms with Crippen LogP contribution in [0.25, 0.3) is 22.2 Å². The molecule has 0 saturated carbocycles. The molecule has 0 fully saturated rings. The van der Waals surface area contributed by atoms with Crippen molar-refractivity contribution in [2.75, 3.05) is 0 Å². The molecule has 0 spiro atoms. The average Bonchev–Trinajstić information content (AvgIpc) is 2.92. The Morgan fingerprint density at radius 2 is 1.58 bits per heavy atom. The molecule has 0 aliphatic carbocycles. The monoisotopic (exact) mass is 327 g/mol. The lowest BCUT2D eigenvalue weighted by Gasteiger charge is -2.23. The third-order valence-corrected chi connectivity index (χ3v) is 4.35. The van der Waals surface area contributed by atoms with Crippen LogP contribution in [0.3, 0.4) is 0 Å². The average molecular weight is 327 g/mol. The Kier molecular flexibility index (Phi) is 3.53. The topological polar surface area (TPSA) is 69.2 Å². The van der Waals surface area contributed by atoms with Gasteiger partial charge in [-0.25, -0.2) is 4.79 Å². The molecule has 0 saturated heterocycles. The van der Waals surface area contributed by atoms with Crippen molar-refractivity contribution in [1.82, 2.24) is 13.7 Å². The van der Waals surface area contributed by atoms with Crippen LogP contribution < -0.4 is 11.2 Å². The second-order valence-corrected chi connectivity index (χ2v) is 6.67. The number of aryl methyl sites for hydroxylation is 2. The number of benzene rings is 1. The summed E-state index contributed by atoms with van der Waals surface area (Å²) >= 11 is 0. The highest BCUT2D eigenvalue weighted by Gasteiger charge is 2.25. The van der Waals surface area contributed by atoms with E-state index in [2.05, 4.69) is 0 Å². The van der Waals surface area contributed by atoms with E-state index in [-0.39, 0.29) is 5.56 Å². The van der Waals surface area contributed by atoms with Gasteiger partial charge >= 0.3 is 5.69 Å². The molecule has 1 aromatic carbocycles. The van der Waals surface area contributed by atoms with E-state index in [0.717, 1.165) is 15.7 Å². The number of nitrogens with zero attached hydrogens (tertiary/aromatic N) is 3. The summed E-state index contributed by atoms with van der Waals surface area (Å²) in [5.74, 6) is 0. The number of hydrogen-bond acceptors (Lipinski definition) is 3. The van der Waals surface area contributed by atoms with Gasteiger partial charge in [0, 0.05) is 20.3 Å². The first-order chi connectivity index (χ1) is 11.1. The van der Waals surface area contributed by atoms with Crippen molar-refractivity contribution in [3.8, 4) is 11.3 Å². The van der Waals surface area contributed by atoms with Crippen LogP contribution in [-0.2, 0) is 19.8 Å². The first kappa shape index (κ1) is 16.3. The molecule has 0 amide bonds. The number of rotatable bonds is 2. The smallest absolute Gasteiger partial charge is 0.330 e. The van der Waals surface area contributed by atoms with Gasteiger partial charge in [0.05, 0.1) is 16.6 Å². The molecule has 6 nitrogen and oxygen atoms in total. The van der Waals surface area contributed by atoms with Crippen LogP contribution in [0.5, 0.6) is 0 Å². The fraction of sp³-hybridized carbons (Fsp3) is 0.333. The molecule has 2 aromatic heterocycles. The lowest BCUT2D eigenvalue weighted by molar-refractivity contribution is 0.00398. The predicted molar refractivity (Wildman–Crippen MR) is 94.1 cm³/mol. The third kappa shape index (κ3) is 2.30.